The van der Waals surface area contributed by atoms with Gasteiger partial charge in [0.25, 0.3) is 0 Å². The summed E-state index contributed by atoms with van der Waals surface area (Å²) >= 11 is 0. The molecule has 0 unspecified atom stereocenters. The van der Waals surface area contributed by atoms with Crippen LogP contribution in [0.2, 0.25) is 0 Å². The minimum absolute atomic E-state index is 0.167. The normalized spacial score (nSPS) is 9.27. The number of aliphatic hydroxyl groups is 2. The van der Waals surface area contributed by atoms with Gasteiger partial charge in [-0.05, 0) is 27.7 Å². The lowest BCUT2D eigenvalue weighted by Crippen LogP contribution is -1.85. The van der Waals surface area contributed by atoms with Crippen LogP contribution in [0, 0.1) is 0 Å². The van der Waals surface area contributed by atoms with Crippen LogP contribution in [0.1, 0.15) is 120 Å². The standard InChI is InChI=1S/2C7H16.2C3H8O/c2*1-3-5-7-6-4-2;2*1-3(2)4/h2*3-7H2,1-2H3;2*3-4H,1-2H3. The minimum atomic E-state index is -0.167. The Bertz CT molecular complexity index is 104. The SMILES string of the molecule is CC(C)O.CC(C)O.CCCCCCC.CCCCCCC. The maximum Gasteiger partial charge on any atom is 0.0483 e. The van der Waals surface area contributed by atoms with Crippen molar-refractivity contribution in [3.05, 3.63) is 0 Å². The molecular formula is C20H48O2. The molecule has 0 spiro atoms. The van der Waals surface area contributed by atoms with E-state index in [1.807, 2.05) is 0 Å². The van der Waals surface area contributed by atoms with Crippen molar-refractivity contribution in [1.82, 2.24) is 0 Å². The molecular weight excluding hydrogens is 272 g/mol. The van der Waals surface area contributed by atoms with E-state index in [2.05, 4.69) is 27.7 Å². The molecule has 0 fully saturated rings. The first-order valence-electron chi connectivity index (χ1n) is 9.65. The Morgan fingerprint density at radius 1 is 0.455 bits per heavy atom. The van der Waals surface area contributed by atoms with Crippen LogP contribution in [0.15, 0.2) is 0 Å². The van der Waals surface area contributed by atoms with E-state index in [1.165, 1.54) is 64.2 Å². The van der Waals surface area contributed by atoms with Crippen LogP contribution in [0.4, 0.5) is 0 Å². The molecule has 2 nitrogen and oxygen atoms in total. The van der Waals surface area contributed by atoms with Crippen molar-refractivity contribution < 1.29 is 10.2 Å². The van der Waals surface area contributed by atoms with Gasteiger partial charge in [0.1, 0.15) is 0 Å². The van der Waals surface area contributed by atoms with E-state index in [-0.39, 0.29) is 12.2 Å². The predicted octanol–water partition coefficient (Wildman–Crippen LogP) is 6.73. The van der Waals surface area contributed by atoms with Crippen molar-refractivity contribution in [3.63, 3.8) is 0 Å². The average Bonchev–Trinajstić information content (AvgIpc) is 2.39. The molecule has 0 rings (SSSR count). The lowest BCUT2D eigenvalue weighted by atomic mass is 10.2. The van der Waals surface area contributed by atoms with Gasteiger partial charge in [0.15, 0.2) is 0 Å². The van der Waals surface area contributed by atoms with E-state index in [4.69, 9.17) is 10.2 Å². The maximum atomic E-state index is 8.06. The monoisotopic (exact) mass is 320 g/mol. The second-order valence-electron chi connectivity index (χ2n) is 6.31. The summed E-state index contributed by atoms with van der Waals surface area (Å²) in [6.45, 7) is 15.9. The van der Waals surface area contributed by atoms with E-state index >= 15 is 0 Å². The Hall–Kier alpha value is -0.0800. The molecule has 2 heteroatoms. The lowest BCUT2D eigenvalue weighted by Gasteiger charge is -1.90. The van der Waals surface area contributed by atoms with Crippen molar-refractivity contribution in [2.45, 2.75) is 132 Å². The van der Waals surface area contributed by atoms with Gasteiger partial charge in [0, 0.05) is 12.2 Å². The van der Waals surface area contributed by atoms with Crippen LogP contribution in [0.5, 0.6) is 0 Å². The molecule has 22 heavy (non-hydrogen) atoms. The maximum absolute atomic E-state index is 8.06. The van der Waals surface area contributed by atoms with Crippen LogP contribution in [0.25, 0.3) is 0 Å². The Labute approximate surface area is 142 Å². The van der Waals surface area contributed by atoms with Crippen molar-refractivity contribution in [1.29, 1.82) is 0 Å². The summed E-state index contributed by atoms with van der Waals surface area (Å²) in [5, 5.41) is 16.1. The third-order valence-electron chi connectivity index (χ3n) is 2.41. The van der Waals surface area contributed by atoms with E-state index in [0.717, 1.165) is 0 Å². The quantitative estimate of drug-likeness (QED) is 0.487. The van der Waals surface area contributed by atoms with Crippen molar-refractivity contribution in [3.8, 4) is 0 Å². The highest BCUT2D eigenvalue weighted by Gasteiger charge is 1.80. The van der Waals surface area contributed by atoms with Crippen LogP contribution < -0.4 is 0 Å². The van der Waals surface area contributed by atoms with Gasteiger partial charge in [0.2, 0.25) is 0 Å². The first-order valence-corrected chi connectivity index (χ1v) is 9.65. The summed E-state index contributed by atoms with van der Waals surface area (Å²) in [6.07, 6.45) is 13.7. The van der Waals surface area contributed by atoms with Crippen LogP contribution in [-0.2, 0) is 0 Å². The highest BCUT2D eigenvalue weighted by Crippen LogP contribution is 2.00. The third-order valence-corrected chi connectivity index (χ3v) is 2.41. The highest BCUT2D eigenvalue weighted by atomic mass is 16.3. The fourth-order valence-electron chi connectivity index (χ4n) is 1.35. The van der Waals surface area contributed by atoms with Gasteiger partial charge in [-0.1, -0.05) is 91.9 Å². The van der Waals surface area contributed by atoms with Crippen molar-refractivity contribution in [2.75, 3.05) is 0 Å². The first kappa shape index (κ1) is 29.9. The zero-order valence-electron chi connectivity index (χ0n) is 17.1. The Balaban J connectivity index is -0.000000102. The van der Waals surface area contributed by atoms with E-state index in [0.29, 0.717) is 0 Å². The molecule has 0 aromatic rings. The number of rotatable bonds is 8. The van der Waals surface area contributed by atoms with Gasteiger partial charge in [-0.3, -0.25) is 0 Å². The molecule has 140 valence electrons. The fraction of sp³-hybridized carbons (Fsp3) is 1.00. The van der Waals surface area contributed by atoms with Gasteiger partial charge in [-0.25, -0.2) is 0 Å². The van der Waals surface area contributed by atoms with Crippen molar-refractivity contribution in [2.24, 2.45) is 0 Å². The largest absolute Gasteiger partial charge is 0.394 e. The summed E-state index contributed by atoms with van der Waals surface area (Å²) in [4.78, 5) is 0. The molecule has 0 aliphatic heterocycles. The summed E-state index contributed by atoms with van der Waals surface area (Å²) in [5.74, 6) is 0. The second-order valence-corrected chi connectivity index (χ2v) is 6.31. The number of aliphatic hydroxyl groups excluding tert-OH is 2. The third kappa shape index (κ3) is 114. The second kappa shape index (κ2) is 32.8. The van der Waals surface area contributed by atoms with Gasteiger partial charge >= 0.3 is 0 Å². The smallest absolute Gasteiger partial charge is 0.0483 e. The topological polar surface area (TPSA) is 40.5 Å². The minimum Gasteiger partial charge on any atom is -0.394 e. The highest BCUT2D eigenvalue weighted by molar-refractivity contribution is 4.36. The molecule has 0 atom stereocenters. The zero-order chi connectivity index (χ0) is 18.2. The zero-order valence-corrected chi connectivity index (χ0v) is 17.1. The molecule has 0 amide bonds. The predicted molar refractivity (Wildman–Crippen MR) is 104 cm³/mol. The fourth-order valence-corrected chi connectivity index (χ4v) is 1.35. The summed E-state index contributed by atoms with van der Waals surface area (Å²) in [6, 6.07) is 0. The molecule has 0 aliphatic carbocycles. The Kier molecular flexibility index (Phi) is 44.5. The van der Waals surface area contributed by atoms with Crippen molar-refractivity contribution >= 4 is 0 Å². The summed E-state index contributed by atoms with van der Waals surface area (Å²) in [7, 11) is 0. The molecule has 0 saturated heterocycles. The van der Waals surface area contributed by atoms with Gasteiger partial charge in [-0.15, -0.1) is 0 Å². The van der Waals surface area contributed by atoms with E-state index in [9.17, 15) is 0 Å². The number of unbranched alkanes of at least 4 members (excludes halogenated alkanes) is 8. The molecule has 0 aliphatic rings. The molecule has 0 heterocycles. The van der Waals surface area contributed by atoms with Crippen LogP contribution in [0.3, 0.4) is 0 Å². The van der Waals surface area contributed by atoms with E-state index in [1.54, 1.807) is 27.7 Å². The molecule has 0 aromatic carbocycles. The Morgan fingerprint density at radius 3 is 0.682 bits per heavy atom. The molecule has 0 saturated carbocycles. The molecule has 0 aromatic heterocycles. The number of hydrogen-bond acceptors (Lipinski definition) is 2. The van der Waals surface area contributed by atoms with Crippen LogP contribution >= 0.6 is 0 Å². The Morgan fingerprint density at radius 2 is 0.591 bits per heavy atom. The molecule has 0 radical (unpaired) electrons. The number of hydrogen-bond donors (Lipinski definition) is 2. The molecule has 2 N–H and O–H groups in total. The average molecular weight is 321 g/mol. The summed E-state index contributed by atoms with van der Waals surface area (Å²) in [5.41, 5.74) is 0. The lowest BCUT2D eigenvalue weighted by molar-refractivity contribution is 0.215. The molecule has 0 bridgehead atoms. The van der Waals surface area contributed by atoms with E-state index < -0.39 is 0 Å². The van der Waals surface area contributed by atoms with Crippen LogP contribution in [-0.4, -0.2) is 22.4 Å². The summed E-state index contributed by atoms with van der Waals surface area (Å²) < 4.78 is 0. The van der Waals surface area contributed by atoms with Gasteiger partial charge in [-0.2, -0.15) is 0 Å². The first-order chi connectivity index (χ1) is 10.3. The van der Waals surface area contributed by atoms with Gasteiger partial charge < -0.3 is 10.2 Å². The van der Waals surface area contributed by atoms with Gasteiger partial charge in [0.05, 0.1) is 0 Å².